The summed E-state index contributed by atoms with van der Waals surface area (Å²) < 4.78 is 23.9. The third kappa shape index (κ3) is 1.48. The van der Waals surface area contributed by atoms with Crippen molar-refractivity contribution >= 4 is 9.84 Å². The van der Waals surface area contributed by atoms with Crippen molar-refractivity contribution in [3.63, 3.8) is 0 Å². The van der Waals surface area contributed by atoms with Crippen LogP contribution in [-0.2, 0) is 9.84 Å². The fourth-order valence-corrected chi connectivity index (χ4v) is 4.06. The molecule has 0 atom stereocenters. The monoisotopic (exact) mass is 225 g/mol. The minimum absolute atomic E-state index is 0.226. The molecule has 4 heteroatoms. The standard InChI is InChI=1S/C11H15NO2S/c12-9-11(7-4-8-11)15(13,14)10-5-2-1-3-6-10/h1-3,5-6H,4,7-9,12H2. The van der Waals surface area contributed by atoms with Crippen molar-refractivity contribution in [2.24, 2.45) is 5.73 Å². The summed E-state index contributed by atoms with van der Waals surface area (Å²) in [4.78, 5) is 0.398. The van der Waals surface area contributed by atoms with E-state index in [9.17, 15) is 8.42 Å². The second-order valence-electron chi connectivity index (χ2n) is 4.06. The van der Waals surface area contributed by atoms with Gasteiger partial charge in [-0.05, 0) is 25.0 Å². The van der Waals surface area contributed by atoms with Crippen LogP contribution in [0.5, 0.6) is 0 Å². The maximum absolute atomic E-state index is 12.3. The van der Waals surface area contributed by atoms with Gasteiger partial charge in [0, 0.05) is 6.54 Å². The lowest BCUT2D eigenvalue weighted by atomic mass is 9.84. The summed E-state index contributed by atoms with van der Waals surface area (Å²) in [7, 11) is -3.24. The van der Waals surface area contributed by atoms with Crippen LogP contribution < -0.4 is 5.73 Å². The SMILES string of the molecule is NCC1(S(=O)(=O)c2ccccc2)CCC1. The van der Waals surface area contributed by atoms with Crippen molar-refractivity contribution in [2.75, 3.05) is 6.54 Å². The molecule has 3 nitrogen and oxygen atoms in total. The van der Waals surface area contributed by atoms with Crippen molar-refractivity contribution in [3.05, 3.63) is 30.3 Å². The molecule has 1 saturated carbocycles. The molecule has 1 aliphatic carbocycles. The normalized spacial score (nSPS) is 19.5. The molecule has 15 heavy (non-hydrogen) atoms. The van der Waals surface area contributed by atoms with Crippen LogP contribution in [0, 0.1) is 0 Å². The Balaban J connectivity index is 2.44. The maximum Gasteiger partial charge on any atom is 0.185 e. The Labute approximate surface area is 90.2 Å². The largest absolute Gasteiger partial charge is 0.329 e. The third-order valence-corrected chi connectivity index (χ3v) is 5.87. The maximum atomic E-state index is 12.3. The van der Waals surface area contributed by atoms with Gasteiger partial charge in [0.25, 0.3) is 0 Å². The minimum atomic E-state index is -3.24. The Morgan fingerprint density at radius 1 is 1.20 bits per heavy atom. The Kier molecular flexibility index (Phi) is 2.56. The molecule has 0 aliphatic heterocycles. The first kappa shape index (κ1) is 10.6. The summed E-state index contributed by atoms with van der Waals surface area (Å²) in [5, 5.41) is 0. The predicted octanol–water partition coefficient (Wildman–Crippen LogP) is 1.34. The topological polar surface area (TPSA) is 60.2 Å². The molecule has 0 amide bonds. The molecular formula is C11H15NO2S. The highest BCUT2D eigenvalue weighted by atomic mass is 32.2. The third-order valence-electron chi connectivity index (χ3n) is 3.26. The number of benzene rings is 1. The highest BCUT2D eigenvalue weighted by Gasteiger charge is 2.48. The summed E-state index contributed by atoms with van der Waals surface area (Å²) >= 11 is 0. The van der Waals surface area contributed by atoms with Crippen LogP contribution in [0.1, 0.15) is 19.3 Å². The van der Waals surface area contributed by atoms with Crippen LogP contribution in [0.2, 0.25) is 0 Å². The van der Waals surface area contributed by atoms with Crippen molar-refractivity contribution in [1.82, 2.24) is 0 Å². The molecule has 0 aromatic heterocycles. The molecule has 0 radical (unpaired) electrons. The summed E-state index contributed by atoms with van der Waals surface area (Å²) in [6, 6.07) is 8.59. The smallest absolute Gasteiger partial charge is 0.185 e. The Bertz CT molecular complexity index is 429. The van der Waals surface area contributed by atoms with E-state index in [-0.39, 0.29) is 6.54 Å². The lowest BCUT2D eigenvalue weighted by Crippen LogP contribution is -2.51. The first-order chi connectivity index (χ1) is 7.12. The van der Waals surface area contributed by atoms with E-state index in [1.807, 2.05) is 6.07 Å². The molecule has 2 N–H and O–H groups in total. The van der Waals surface area contributed by atoms with Gasteiger partial charge in [0.1, 0.15) is 0 Å². The van der Waals surface area contributed by atoms with Crippen LogP contribution >= 0.6 is 0 Å². The molecule has 0 bridgehead atoms. The number of hydrogen-bond acceptors (Lipinski definition) is 3. The molecule has 0 heterocycles. The molecule has 2 rings (SSSR count). The van der Waals surface area contributed by atoms with Gasteiger partial charge in [0.15, 0.2) is 9.84 Å². The number of hydrogen-bond donors (Lipinski definition) is 1. The van der Waals surface area contributed by atoms with Crippen molar-refractivity contribution in [2.45, 2.75) is 28.9 Å². The molecule has 1 fully saturated rings. The van der Waals surface area contributed by atoms with E-state index in [1.54, 1.807) is 24.3 Å². The molecule has 1 aliphatic rings. The fourth-order valence-electron chi connectivity index (χ4n) is 2.00. The molecule has 0 spiro atoms. The Morgan fingerprint density at radius 3 is 2.20 bits per heavy atom. The van der Waals surface area contributed by atoms with Gasteiger partial charge in [0.05, 0.1) is 9.64 Å². The zero-order valence-electron chi connectivity index (χ0n) is 8.52. The average molecular weight is 225 g/mol. The van der Waals surface area contributed by atoms with Crippen molar-refractivity contribution in [3.8, 4) is 0 Å². The highest BCUT2D eigenvalue weighted by molar-refractivity contribution is 7.93. The summed E-state index contributed by atoms with van der Waals surface area (Å²) in [6.45, 7) is 0.226. The molecule has 0 unspecified atom stereocenters. The number of sulfone groups is 1. The van der Waals surface area contributed by atoms with Crippen molar-refractivity contribution in [1.29, 1.82) is 0 Å². The highest BCUT2D eigenvalue weighted by Crippen LogP contribution is 2.41. The molecule has 0 saturated heterocycles. The summed E-state index contributed by atoms with van der Waals surface area (Å²) in [5.41, 5.74) is 5.61. The Morgan fingerprint density at radius 2 is 1.80 bits per heavy atom. The summed E-state index contributed by atoms with van der Waals surface area (Å²) in [6.07, 6.45) is 2.35. The second-order valence-corrected chi connectivity index (χ2v) is 6.40. The predicted molar refractivity (Wildman–Crippen MR) is 59.3 cm³/mol. The van der Waals surface area contributed by atoms with Crippen LogP contribution in [-0.4, -0.2) is 19.7 Å². The second kappa shape index (κ2) is 3.61. The van der Waals surface area contributed by atoms with Gasteiger partial charge in [-0.2, -0.15) is 0 Å². The molecule has 1 aromatic carbocycles. The van der Waals surface area contributed by atoms with E-state index in [2.05, 4.69) is 0 Å². The van der Waals surface area contributed by atoms with Gasteiger partial charge in [-0.15, -0.1) is 0 Å². The van der Waals surface area contributed by atoms with Gasteiger partial charge in [-0.1, -0.05) is 24.6 Å². The van der Waals surface area contributed by atoms with E-state index in [4.69, 9.17) is 5.73 Å². The van der Waals surface area contributed by atoms with Crippen molar-refractivity contribution < 1.29 is 8.42 Å². The van der Waals surface area contributed by atoms with Gasteiger partial charge in [0.2, 0.25) is 0 Å². The van der Waals surface area contributed by atoms with Crippen LogP contribution in [0.3, 0.4) is 0 Å². The molecule has 1 aromatic rings. The van der Waals surface area contributed by atoms with Crippen LogP contribution in [0.25, 0.3) is 0 Å². The first-order valence-electron chi connectivity index (χ1n) is 5.12. The van der Waals surface area contributed by atoms with Gasteiger partial charge in [-0.25, -0.2) is 8.42 Å². The van der Waals surface area contributed by atoms with Gasteiger partial charge < -0.3 is 5.73 Å². The lowest BCUT2D eigenvalue weighted by Gasteiger charge is -2.39. The van der Waals surface area contributed by atoms with Crippen LogP contribution in [0.15, 0.2) is 35.2 Å². The van der Waals surface area contributed by atoms with Gasteiger partial charge in [-0.3, -0.25) is 0 Å². The number of nitrogens with two attached hydrogens (primary N) is 1. The lowest BCUT2D eigenvalue weighted by molar-refractivity contribution is 0.344. The zero-order chi connectivity index (χ0) is 10.9. The zero-order valence-corrected chi connectivity index (χ0v) is 9.33. The number of rotatable bonds is 3. The van der Waals surface area contributed by atoms with Crippen LogP contribution in [0.4, 0.5) is 0 Å². The quantitative estimate of drug-likeness (QED) is 0.844. The molecular weight excluding hydrogens is 210 g/mol. The van der Waals surface area contributed by atoms with E-state index in [0.29, 0.717) is 17.7 Å². The summed E-state index contributed by atoms with van der Waals surface area (Å²) in [5.74, 6) is 0. The average Bonchev–Trinajstić information content (AvgIpc) is 2.18. The first-order valence-corrected chi connectivity index (χ1v) is 6.60. The van der Waals surface area contributed by atoms with E-state index in [0.717, 1.165) is 6.42 Å². The van der Waals surface area contributed by atoms with E-state index >= 15 is 0 Å². The minimum Gasteiger partial charge on any atom is -0.329 e. The van der Waals surface area contributed by atoms with Gasteiger partial charge >= 0.3 is 0 Å². The van der Waals surface area contributed by atoms with E-state index in [1.165, 1.54) is 0 Å². The Hall–Kier alpha value is -0.870. The fraction of sp³-hybridized carbons (Fsp3) is 0.455. The van der Waals surface area contributed by atoms with E-state index < -0.39 is 14.6 Å². The molecule has 82 valence electrons.